The minimum absolute atomic E-state index is 0.0676. The highest BCUT2D eigenvalue weighted by Gasteiger charge is 2.30. The summed E-state index contributed by atoms with van der Waals surface area (Å²) in [6.45, 7) is 10.0. The summed E-state index contributed by atoms with van der Waals surface area (Å²) in [6, 6.07) is 20.6. The predicted octanol–water partition coefficient (Wildman–Crippen LogP) is 6.86. The van der Waals surface area contributed by atoms with Crippen molar-refractivity contribution < 1.29 is 18.9 Å². The SMILES string of the molecule is C=C(C)CC(C/C=C/COC1CCCCO1)(COCc1ccccc1)COCc1ccccc1. The summed E-state index contributed by atoms with van der Waals surface area (Å²) in [6.07, 6.45) is 9.18. The third-order valence-corrected chi connectivity index (χ3v) is 5.95. The first-order valence-corrected chi connectivity index (χ1v) is 12.4. The summed E-state index contributed by atoms with van der Waals surface area (Å²) in [4.78, 5) is 0. The zero-order valence-electron chi connectivity index (χ0n) is 20.6. The lowest BCUT2D eigenvalue weighted by Crippen LogP contribution is -2.32. The molecule has 184 valence electrons. The lowest BCUT2D eigenvalue weighted by Gasteiger charge is -2.33. The third kappa shape index (κ3) is 9.94. The first-order chi connectivity index (χ1) is 16.7. The average molecular weight is 465 g/mol. The number of ether oxygens (including phenoxy) is 4. The molecule has 0 N–H and O–H groups in total. The van der Waals surface area contributed by atoms with E-state index in [9.17, 15) is 0 Å². The van der Waals surface area contributed by atoms with Gasteiger partial charge in [0.15, 0.2) is 6.29 Å². The Hall–Kier alpha value is -2.24. The van der Waals surface area contributed by atoms with Crippen molar-refractivity contribution in [2.75, 3.05) is 26.4 Å². The zero-order valence-corrected chi connectivity index (χ0v) is 20.6. The van der Waals surface area contributed by atoms with Crippen LogP contribution >= 0.6 is 0 Å². The number of hydrogen-bond donors (Lipinski definition) is 0. The molecule has 1 fully saturated rings. The van der Waals surface area contributed by atoms with Crippen LogP contribution in [0.5, 0.6) is 0 Å². The Morgan fingerprint density at radius 2 is 1.56 bits per heavy atom. The minimum Gasteiger partial charge on any atom is -0.376 e. The van der Waals surface area contributed by atoms with Crippen LogP contribution in [-0.2, 0) is 32.2 Å². The Morgan fingerprint density at radius 3 is 2.09 bits per heavy atom. The molecule has 0 radical (unpaired) electrons. The highest BCUT2D eigenvalue weighted by Crippen LogP contribution is 2.32. The summed E-state index contributed by atoms with van der Waals surface area (Å²) in [5.74, 6) is 0. The monoisotopic (exact) mass is 464 g/mol. The molecule has 1 saturated heterocycles. The number of benzene rings is 2. The van der Waals surface area contributed by atoms with Gasteiger partial charge in [-0.1, -0.05) is 78.4 Å². The summed E-state index contributed by atoms with van der Waals surface area (Å²) in [5, 5.41) is 0. The van der Waals surface area contributed by atoms with E-state index in [0.29, 0.717) is 33.0 Å². The van der Waals surface area contributed by atoms with Gasteiger partial charge < -0.3 is 18.9 Å². The van der Waals surface area contributed by atoms with Crippen LogP contribution in [0, 0.1) is 5.41 Å². The van der Waals surface area contributed by atoms with Crippen molar-refractivity contribution in [1.82, 2.24) is 0 Å². The fraction of sp³-hybridized carbons (Fsp3) is 0.467. The van der Waals surface area contributed by atoms with Crippen LogP contribution in [0.3, 0.4) is 0 Å². The molecule has 1 unspecified atom stereocenters. The molecule has 3 rings (SSSR count). The molecule has 1 aliphatic heterocycles. The Morgan fingerprint density at radius 1 is 0.941 bits per heavy atom. The van der Waals surface area contributed by atoms with Crippen molar-refractivity contribution >= 4 is 0 Å². The smallest absolute Gasteiger partial charge is 0.157 e. The molecule has 1 aliphatic rings. The first kappa shape index (κ1) is 26.4. The molecule has 2 aromatic rings. The summed E-state index contributed by atoms with van der Waals surface area (Å²) in [5.41, 5.74) is 3.29. The summed E-state index contributed by atoms with van der Waals surface area (Å²) < 4.78 is 24.0. The van der Waals surface area contributed by atoms with Crippen molar-refractivity contribution in [3.05, 3.63) is 96.1 Å². The predicted molar refractivity (Wildman–Crippen MR) is 137 cm³/mol. The topological polar surface area (TPSA) is 36.9 Å². The van der Waals surface area contributed by atoms with Crippen molar-refractivity contribution in [2.45, 2.75) is 58.5 Å². The van der Waals surface area contributed by atoms with E-state index >= 15 is 0 Å². The van der Waals surface area contributed by atoms with Crippen molar-refractivity contribution in [2.24, 2.45) is 5.41 Å². The van der Waals surface area contributed by atoms with Crippen molar-refractivity contribution in [1.29, 1.82) is 0 Å². The highest BCUT2D eigenvalue weighted by atomic mass is 16.7. The molecule has 0 aromatic heterocycles. The Kier molecular flexibility index (Phi) is 11.6. The molecule has 0 spiro atoms. The van der Waals surface area contributed by atoms with Crippen molar-refractivity contribution in [3.63, 3.8) is 0 Å². The fourth-order valence-corrected chi connectivity index (χ4v) is 4.30. The molecule has 1 heterocycles. The van der Waals surface area contributed by atoms with Gasteiger partial charge in [0.2, 0.25) is 0 Å². The number of allylic oxidation sites excluding steroid dienone is 2. The molecule has 0 saturated carbocycles. The van der Waals surface area contributed by atoms with Gasteiger partial charge in [0, 0.05) is 12.0 Å². The largest absolute Gasteiger partial charge is 0.376 e. The van der Waals surface area contributed by atoms with E-state index in [-0.39, 0.29) is 11.7 Å². The van der Waals surface area contributed by atoms with E-state index in [1.165, 1.54) is 17.5 Å². The van der Waals surface area contributed by atoms with Gasteiger partial charge in [-0.05, 0) is 50.2 Å². The first-order valence-electron chi connectivity index (χ1n) is 12.4. The Balaban J connectivity index is 1.59. The van der Waals surface area contributed by atoms with Crippen LogP contribution in [0.4, 0.5) is 0 Å². The quantitative estimate of drug-likeness (QED) is 0.270. The fourth-order valence-electron chi connectivity index (χ4n) is 4.30. The van der Waals surface area contributed by atoms with Gasteiger partial charge >= 0.3 is 0 Å². The van der Waals surface area contributed by atoms with E-state index in [2.05, 4.69) is 49.9 Å². The van der Waals surface area contributed by atoms with Crippen LogP contribution in [0.1, 0.15) is 50.2 Å². The highest BCUT2D eigenvalue weighted by molar-refractivity contribution is 5.14. The lowest BCUT2D eigenvalue weighted by atomic mass is 9.80. The van der Waals surface area contributed by atoms with Gasteiger partial charge in [-0.25, -0.2) is 0 Å². The number of rotatable bonds is 15. The molecule has 4 heteroatoms. The van der Waals surface area contributed by atoms with E-state index in [4.69, 9.17) is 18.9 Å². The number of hydrogen-bond acceptors (Lipinski definition) is 4. The van der Waals surface area contributed by atoms with E-state index in [1.54, 1.807) is 0 Å². The Labute approximate surface area is 205 Å². The second kappa shape index (κ2) is 14.9. The zero-order chi connectivity index (χ0) is 23.9. The maximum absolute atomic E-state index is 6.23. The normalized spacial score (nSPS) is 16.7. The van der Waals surface area contributed by atoms with Gasteiger partial charge in [0.05, 0.1) is 33.0 Å². The molecular weight excluding hydrogens is 424 g/mol. The van der Waals surface area contributed by atoms with Crippen LogP contribution in [-0.4, -0.2) is 32.7 Å². The third-order valence-electron chi connectivity index (χ3n) is 5.95. The maximum Gasteiger partial charge on any atom is 0.157 e. The minimum atomic E-state index is -0.187. The van der Waals surface area contributed by atoms with Gasteiger partial charge in [0.25, 0.3) is 0 Å². The van der Waals surface area contributed by atoms with Gasteiger partial charge in [-0.15, -0.1) is 6.58 Å². The summed E-state index contributed by atoms with van der Waals surface area (Å²) in [7, 11) is 0. The van der Waals surface area contributed by atoms with E-state index in [1.807, 2.05) is 36.4 Å². The van der Waals surface area contributed by atoms with Gasteiger partial charge in [-0.3, -0.25) is 0 Å². The molecule has 0 amide bonds. The Bertz CT molecular complexity index is 795. The standard InChI is InChI=1S/C30H40O4/c1-26(2)21-30(24-31-22-27-13-5-3-6-14-27,25-32-23-28-15-7-4-8-16-28)18-10-12-20-34-29-17-9-11-19-33-29/h3-8,10,12-16,29H,1,9,11,17-25H2,2H3/b12-10+. The van der Waals surface area contributed by atoms with Crippen LogP contribution in [0.15, 0.2) is 85.0 Å². The molecule has 0 bridgehead atoms. The van der Waals surface area contributed by atoms with Crippen LogP contribution in [0.25, 0.3) is 0 Å². The molecular formula is C30H40O4. The van der Waals surface area contributed by atoms with E-state index in [0.717, 1.165) is 37.9 Å². The second-order valence-corrected chi connectivity index (χ2v) is 9.40. The van der Waals surface area contributed by atoms with Crippen LogP contribution in [0.2, 0.25) is 0 Å². The molecule has 1 atom stereocenters. The molecule has 34 heavy (non-hydrogen) atoms. The average Bonchev–Trinajstić information content (AvgIpc) is 2.85. The molecule has 4 nitrogen and oxygen atoms in total. The summed E-state index contributed by atoms with van der Waals surface area (Å²) >= 11 is 0. The van der Waals surface area contributed by atoms with Crippen molar-refractivity contribution in [3.8, 4) is 0 Å². The second-order valence-electron chi connectivity index (χ2n) is 9.40. The van der Waals surface area contributed by atoms with Gasteiger partial charge in [-0.2, -0.15) is 0 Å². The maximum atomic E-state index is 6.23. The molecule has 2 aromatic carbocycles. The lowest BCUT2D eigenvalue weighted by molar-refractivity contribution is -0.155. The van der Waals surface area contributed by atoms with Crippen LogP contribution < -0.4 is 0 Å². The van der Waals surface area contributed by atoms with E-state index < -0.39 is 0 Å². The molecule has 0 aliphatic carbocycles. The van der Waals surface area contributed by atoms with Gasteiger partial charge in [0.1, 0.15) is 0 Å².